The van der Waals surface area contributed by atoms with Crippen molar-refractivity contribution in [3.05, 3.63) is 47.3 Å². The van der Waals surface area contributed by atoms with Gasteiger partial charge in [-0.2, -0.15) is 0 Å². The molecular formula is C22H29N5OS. The summed E-state index contributed by atoms with van der Waals surface area (Å²) in [6.45, 7) is 8.42. The fourth-order valence-electron chi connectivity index (χ4n) is 3.88. The minimum absolute atomic E-state index is 0.229. The van der Waals surface area contributed by atoms with Gasteiger partial charge in [-0.3, -0.25) is 4.79 Å². The molecule has 2 aliphatic heterocycles. The number of hydrogen-bond acceptors (Lipinski definition) is 4. The van der Waals surface area contributed by atoms with Crippen LogP contribution in [0.4, 0.5) is 10.7 Å². The van der Waals surface area contributed by atoms with Crippen LogP contribution < -0.4 is 15.1 Å². The molecule has 1 aromatic carbocycles. The molecule has 29 heavy (non-hydrogen) atoms. The summed E-state index contributed by atoms with van der Waals surface area (Å²) in [7, 11) is 0. The molecule has 2 aliphatic rings. The van der Waals surface area contributed by atoms with Gasteiger partial charge in [-0.05, 0) is 48.6 Å². The van der Waals surface area contributed by atoms with Gasteiger partial charge in [0.1, 0.15) is 0 Å². The van der Waals surface area contributed by atoms with Crippen molar-refractivity contribution < 1.29 is 4.79 Å². The van der Waals surface area contributed by atoms with Crippen molar-refractivity contribution in [1.29, 1.82) is 0 Å². The Hall–Kier alpha value is -2.54. The Morgan fingerprint density at radius 3 is 2.52 bits per heavy atom. The van der Waals surface area contributed by atoms with Crippen LogP contribution in [0.1, 0.15) is 25.3 Å². The van der Waals surface area contributed by atoms with Gasteiger partial charge in [-0.1, -0.05) is 12.1 Å². The summed E-state index contributed by atoms with van der Waals surface area (Å²) in [6.07, 6.45) is 1.62. The van der Waals surface area contributed by atoms with E-state index in [1.807, 2.05) is 17.0 Å². The van der Waals surface area contributed by atoms with Crippen LogP contribution >= 0.6 is 11.3 Å². The van der Waals surface area contributed by atoms with E-state index in [-0.39, 0.29) is 5.91 Å². The lowest BCUT2D eigenvalue weighted by Crippen LogP contribution is -2.52. The second-order valence-corrected chi connectivity index (χ2v) is 8.34. The standard InChI is InChI=1S/C22H29N5OS/c1-2-23-22(26-14-12-25(13-15-26)21-6-4-16-29-21)24-17-18-7-9-19(10-8-18)27-11-3-5-20(27)28/h4,6-10,16H,2-3,5,11-15,17H2,1H3,(H,23,24). The number of guanidine groups is 1. The van der Waals surface area contributed by atoms with E-state index in [4.69, 9.17) is 4.99 Å². The van der Waals surface area contributed by atoms with Gasteiger partial charge in [0.15, 0.2) is 5.96 Å². The normalized spacial score (nSPS) is 17.9. The second-order valence-electron chi connectivity index (χ2n) is 7.41. The molecule has 2 aromatic rings. The first-order chi connectivity index (χ1) is 14.2. The van der Waals surface area contributed by atoms with Crippen LogP contribution in [-0.2, 0) is 11.3 Å². The zero-order chi connectivity index (χ0) is 20.1. The molecule has 0 saturated carbocycles. The van der Waals surface area contributed by atoms with E-state index in [0.717, 1.165) is 62.9 Å². The van der Waals surface area contributed by atoms with Crippen LogP contribution in [-0.4, -0.2) is 56.0 Å². The van der Waals surface area contributed by atoms with Gasteiger partial charge in [0.2, 0.25) is 5.91 Å². The molecule has 4 rings (SSSR count). The van der Waals surface area contributed by atoms with E-state index < -0.39 is 0 Å². The summed E-state index contributed by atoms with van der Waals surface area (Å²) >= 11 is 1.80. The lowest BCUT2D eigenvalue weighted by molar-refractivity contribution is -0.117. The Labute approximate surface area is 176 Å². The highest BCUT2D eigenvalue weighted by molar-refractivity contribution is 7.14. The third kappa shape index (κ3) is 4.72. The number of piperazine rings is 1. The molecule has 0 unspecified atom stereocenters. The fourth-order valence-corrected chi connectivity index (χ4v) is 4.67. The lowest BCUT2D eigenvalue weighted by Gasteiger charge is -2.37. The van der Waals surface area contributed by atoms with E-state index in [0.29, 0.717) is 13.0 Å². The fraction of sp³-hybridized carbons (Fsp3) is 0.455. The molecule has 7 heteroatoms. The number of anilines is 2. The number of hydrogen-bond donors (Lipinski definition) is 1. The van der Waals surface area contributed by atoms with Crippen molar-refractivity contribution in [1.82, 2.24) is 10.2 Å². The molecule has 0 radical (unpaired) electrons. The number of thiophene rings is 1. The van der Waals surface area contributed by atoms with E-state index in [1.165, 1.54) is 5.00 Å². The lowest BCUT2D eigenvalue weighted by atomic mass is 10.2. The Balaban J connectivity index is 1.36. The van der Waals surface area contributed by atoms with Crippen molar-refractivity contribution in [2.24, 2.45) is 4.99 Å². The van der Waals surface area contributed by atoms with E-state index in [1.54, 1.807) is 11.3 Å². The largest absolute Gasteiger partial charge is 0.360 e. The number of aliphatic imine (C=N–C) groups is 1. The minimum atomic E-state index is 0.229. The number of carbonyl (C=O) groups is 1. The van der Waals surface area contributed by atoms with Gasteiger partial charge in [-0.25, -0.2) is 4.99 Å². The monoisotopic (exact) mass is 411 g/mol. The molecule has 0 bridgehead atoms. The summed E-state index contributed by atoms with van der Waals surface area (Å²) in [5.74, 6) is 1.21. The SMILES string of the molecule is CCNC(=NCc1ccc(N2CCCC2=O)cc1)N1CCN(c2cccs2)CC1. The number of benzene rings is 1. The van der Waals surface area contributed by atoms with Crippen LogP contribution in [0.25, 0.3) is 0 Å². The van der Waals surface area contributed by atoms with Crippen LogP contribution in [0.15, 0.2) is 46.8 Å². The highest BCUT2D eigenvalue weighted by Crippen LogP contribution is 2.23. The number of rotatable bonds is 5. The molecule has 3 heterocycles. The van der Waals surface area contributed by atoms with Crippen LogP contribution in [0, 0.1) is 0 Å². The predicted octanol–water partition coefficient (Wildman–Crippen LogP) is 3.16. The van der Waals surface area contributed by atoms with E-state index >= 15 is 0 Å². The number of carbonyl (C=O) groups excluding carboxylic acids is 1. The highest BCUT2D eigenvalue weighted by atomic mass is 32.1. The number of amides is 1. The summed E-state index contributed by atoms with van der Waals surface area (Å²) in [5, 5.41) is 6.93. The van der Waals surface area contributed by atoms with Gasteiger partial charge in [0, 0.05) is 51.4 Å². The molecular weight excluding hydrogens is 382 g/mol. The first kappa shape index (κ1) is 19.8. The van der Waals surface area contributed by atoms with Gasteiger partial charge in [0.25, 0.3) is 0 Å². The zero-order valence-corrected chi connectivity index (χ0v) is 17.8. The van der Waals surface area contributed by atoms with Crippen molar-refractivity contribution in [2.75, 3.05) is 49.1 Å². The smallest absolute Gasteiger partial charge is 0.227 e. The molecule has 2 fully saturated rings. The maximum absolute atomic E-state index is 11.9. The van der Waals surface area contributed by atoms with Crippen LogP contribution in [0.2, 0.25) is 0 Å². The summed E-state index contributed by atoms with van der Waals surface area (Å²) in [5.41, 5.74) is 2.16. The van der Waals surface area contributed by atoms with Crippen LogP contribution in [0.5, 0.6) is 0 Å². The van der Waals surface area contributed by atoms with Crippen molar-refractivity contribution in [2.45, 2.75) is 26.3 Å². The third-order valence-electron chi connectivity index (χ3n) is 5.46. The zero-order valence-electron chi connectivity index (χ0n) is 17.0. The average Bonchev–Trinajstić information content (AvgIpc) is 3.44. The minimum Gasteiger partial charge on any atom is -0.360 e. The van der Waals surface area contributed by atoms with Crippen molar-refractivity contribution in [3.63, 3.8) is 0 Å². The molecule has 6 nitrogen and oxygen atoms in total. The third-order valence-corrected chi connectivity index (χ3v) is 6.39. The van der Waals surface area contributed by atoms with Gasteiger partial charge >= 0.3 is 0 Å². The van der Waals surface area contributed by atoms with Crippen molar-refractivity contribution in [3.8, 4) is 0 Å². The first-order valence-corrected chi connectivity index (χ1v) is 11.3. The Morgan fingerprint density at radius 2 is 1.90 bits per heavy atom. The first-order valence-electron chi connectivity index (χ1n) is 10.5. The highest BCUT2D eigenvalue weighted by Gasteiger charge is 2.22. The summed E-state index contributed by atoms with van der Waals surface area (Å²) in [4.78, 5) is 23.5. The topological polar surface area (TPSA) is 51.2 Å². The van der Waals surface area contributed by atoms with Gasteiger partial charge < -0.3 is 20.0 Å². The maximum Gasteiger partial charge on any atom is 0.227 e. The second kappa shape index (κ2) is 9.31. The quantitative estimate of drug-likeness (QED) is 0.607. The number of nitrogens with zero attached hydrogens (tertiary/aromatic N) is 4. The van der Waals surface area contributed by atoms with Crippen LogP contribution in [0.3, 0.4) is 0 Å². The van der Waals surface area contributed by atoms with Crippen molar-refractivity contribution >= 4 is 33.9 Å². The molecule has 1 aromatic heterocycles. The van der Waals surface area contributed by atoms with E-state index in [9.17, 15) is 4.79 Å². The van der Waals surface area contributed by atoms with E-state index in [2.05, 4.69) is 51.7 Å². The Bertz CT molecular complexity index is 825. The molecule has 1 amide bonds. The Morgan fingerprint density at radius 1 is 1.10 bits per heavy atom. The summed E-state index contributed by atoms with van der Waals surface area (Å²) in [6, 6.07) is 12.6. The maximum atomic E-state index is 11.9. The average molecular weight is 412 g/mol. The van der Waals surface area contributed by atoms with Gasteiger partial charge in [-0.15, -0.1) is 11.3 Å². The molecule has 1 N–H and O–H groups in total. The number of nitrogens with one attached hydrogen (secondary N) is 1. The van der Waals surface area contributed by atoms with Gasteiger partial charge in [0.05, 0.1) is 11.5 Å². The predicted molar refractivity (Wildman–Crippen MR) is 121 cm³/mol. The molecule has 154 valence electrons. The molecule has 0 spiro atoms. The summed E-state index contributed by atoms with van der Waals surface area (Å²) < 4.78 is 0. The Kier molecular flexibility index (Phi) is 6.34. The molecule has 2 saturated heterocycles. The molecule has 0 atom stereocenters. The molecule has 0 aliphatic carbocycles.